The first-order chi connectivity index (χ1) is 5.04. The molecule has 0 aliphatic heterocycles. The molecule has 0 fully saturated rings. The largest absolute Gasteiger partial charge is 0.329 e. The summed E-state index contributed by atoms with van der Waals surface area (Å²) in [5.41, 5.74) is 5.14. The first kappa shape index (κ1) is 10.6. The fourth-order valence-electron chi connectivity index (χ4n) is 0.377. The molecule has 0 spiro atoms. The van der Waals surface area contributed by atoms with Crippen molar-refractivity contribution >= 4 is 10.1 Å². The van der Waals surface area contributed by atoms with E-state index in [0.29, 0.717) is 0 Å². The molecular weight excluding hydrogens is 166 g/mol. The van der Waals surface area contributed by atoms with Crippen molar-refractivity contribution in [3.8, 4) is 0 Å². The van der Waals surface area contributed by atoms with Crippen LogP contribution in [0.2, 0.25) is 0 Å². The van der Waals surface area contributed by atoms with Crippen molar-refractivity contribution in [3.05, 3.63) is 12.7 Å². The summed E-state index contributed by atoms with van der Waals surface area (Å²) < 4.78 is 26.4. The Hall–Kier alpha value is -0.390. The van der Waals surface area contributed by atoms with Gasteiger partial charge in [-0.05, 0) is 6.92 Å². The molecule has 0 aliphatic carbocycles. The van der Waals surface area contributed by atoms with Crippen LogP contribution in [0.25, 0.3) is 0 Å². The maximum atomic E-state index is 11.0. The first-order valence-corrected chi connectivity index (χ1v) is 4.71. The Labute approximate surface area is 67.2 Å². The summed E-state index contributed by atoms with van der Waals surface area (Å²) in [7, 11) is -3.47. The van der Waals surface area contributed by atoms with E-state index < -0.39 is 15.4 Å². The van der Waals surface area contributed by atoms with Gasteiger partial charge in [-0.3, -0.25) is 4.18 Å². The van der Waals surface area contributed by atoms with E-state index >= 15 is 0 Å². The highest BCUT2D eigenvalue weighted by atomic mass is 32.2. The molecule has 1 atom stereocenters. The van der Waals surface area contributed by atoms with Crippen LogP contribution in [-0.2, 0) is 14.3 Å². The summed E-state index contributed by atoms with van der Waals surface area (Å²) in [5.74, 6) is 0. The summed E-state index contributed by atoms with van der Waals surface area (Å²) in [4.78, 5) is 0. The standard InChI is InChI=1S/C6H13NO3S/c1-3-4-10-11(8,9)6(2)5-7/h3,6H,1,4-5,7H2,2H3. The number of hydrogen-bond acceptors (Lipinski definition) is 4. The van der Waals surface area contributed by atoms with E-state index in [4.69, 9.17) is 5.73 Å². The van der Waals surface area contributed by atoms with Crippen molar-refractivity contribution in [2.75, 3.05) is 13.2 Å². The Morgan fingerprint density at radius 1 is 1.73 bits per heavy atom. The molecule has 11 heavy (non-hydrogen) atoms. The topological polar surface area (TPSA) is 69.4 Å². The maximum absolute atomic E-state index is 11.0. The summed E-state index contributed by atoms with van der Waals surface area (Å²) in [6, 6.07) is 0. The van der Waals surface area contributed by atoms with Crippen molar-refractivity contribution < 1.29 is 12.6 Å². The number of nitrogens with two attached hydrogens (primary N) is 1. The van der Waals surface area contributed by atoms with Gasteiger partial charge in [0.1, 0.15) is 0 Å². The highest BCUT2D eigenvalue weighted by Gasteiger charge is 2.18. The van der Waals surface area contributed by atoms with Gasteiger partial charge >= 0.3 is 0 Å². The number of hydrogen-bond donors (Lipinski definition) is 1. The smallest absolute Gasteiger partial charge is 0.271 e. The van der Waals surface area contributed by atoms with Crippen LogP contribution in [0, 0.1) is 0 Å². The molecule has 0 rings (SSSR count). The third-order valence-electron chi connectivity index (χ3n) is 1.17. The fourth-order valence-corrected chi connectivity index (χ4v) is 1.13. The Bertz CT molecular complexity index is 210. The van der Waals surface area contributed by atoms with Gasteiger partial charge in [0.05, 0.1) is 11.9 Å². The van der Waals surface area contributed by atoms with Crippen molar-refractivity contribution in [3.63, 3.8) is 0 Å². The van der Waals surface area contributed by atoms with Crippen molar-refractivity contribution in [2.24, 2.45) is 5.73 Å². The van der Waals surface area contributed by atoms with Gasteiger partial charge in [-0.15, -0.1) is 6.58 Å². The van der Waals surface area contributed by atoms with Crippen LogP contribution in [0.5, 0.6) is 0 Å². The zero-order chi connectivity index (χ0) is 8.91. The average molecular weight is 179 g/mol. The van der Waals surface area contributed by atoms with Gasteiger partial charge in [0.15, 0.2) is 0 Å². The summed E-state index contributed by atoms with van der Waals surface area (Å²) in [6.45, 7) is 4.90. The minimum absolute atomic E-state index is 0.00662. The van der Waals surface area contributed by atoms with Gasteiger partial charge < -0.3 is 5.73 Å². The quantitative estimate of drug-likeness (QED) is 0.471. The van der Waals surface area contributed by atoms with E-state index in [1.807, 2.05) is 0 Å². The monoisotopic (exact) mass is 179 g/mol. The third kappa shape index (κ3) is 3.50. The van der Waals surface area contributed by atoms with E-state index in [2.05, 4.69) is 10.8 Å². The first-order valence-electron chi connectivity index (χ1n) is 3.23. The minimum Gasteiger partial charge on any atom is -0.329 e. The Balaban J connectivity index is 4.11. The third-order valence-corrected chi connectivity index (χ3v) is 2.82. The van der Waals surface area contributed by atoms with Crippen LogP contribution in [-0.4, -0.2) is 26.8 Å². The molecule has 0 saturated carbocycles. The highest BCUT2D eigenvalue weighted by Crippen LogP contribution is 2.01. The predicted octanol–water partition coefficient (Wildman–Crippen LogP) is -0.134. The molecule has 0 aromatic carbocycles. The molecule has 5 heteroatoms. The van der Waals surface area contributed by atoms with Crippen LogP contribution >= 0.6 is 0 Å². The lowest BCUT2D eigenvalue weighted by molar-refractivity contribution is 0.351. The van der Waals surface area contributed by atoms with Gasteiger partial charge in [-0.2, -0.15) is 8.42 Å². The van der Waals surface area contributed by atoms with E-state index in [1.54, 1.807) is 0 Å². The SMILES string of the molecule is C=CCOS(=O)(=O)C(C)CN. The van der Waals surface area contributed by atoms with Crippen molar-refractivity contribution in [1.82, 2.24) is 0 Å². The maximum Gasteiger partial charge on any atom is 0.271 e. The van der Waals surface area contributed by atoms with Gasteiger partial charge in [0, 0.05) is 6.54 Å². The lowest BCUT2D eigenvalue weighted by Crippen LogP contribution is -2.28. The van der Waals surface area contributed by atoms with Crippen LogP contribution < -0.4 is 5.73 Å². The van der Waals surface area contributed by atoms with Gasteiger partial charge in [0.25, 0.3) is 10.1 Å². The van der Waals surface area contributed by atoms with E-state index in [0.717, 1.165) is 0 Å². The lowest BCUT2D eigenvalue weighted by Gasteiger charge is -2.08. The second-order valence-corrected chi connectivity index (χ2v) is 4.14. The minimum atomic E-state index is -3.47. The molecule has 0 heterocycles. The van der Waals surface area contributed by atoms with Crippen LogP contribution in [0.15, 0.2) is 12.7 Å². The molecule has 0 aromatic heterocycles. The van der Waals surface area contributed by atoms with Crippen LogP contribution in [0.3, 0.4) is 0 Å². The van der Waals surface area contributed by atoms with Crippen molar-refractivity contribution in [2.45, 2.75) is 12.2 Å². The molecule has 0 bridgehead atoms. The van der Waals surface area contributed by atoms with E-state index in [1.165, 1.54) is 13.0 Å². The predicted molar refractivity (Wildman–Crippen MR) is 43.6 cm³/mol. The van der Waals surface area contributed by atoms with Crippen LogP contribution in [0.4, 0.5) is 0 Å². The van der Waals surface area contributed by atoms with E-state index in [-0.39, 0.29) is 13.2 Å². The van der Waals surface area contributed by atoms with Gasteiger partial charge in [-0.1, -0.05) is 6.08 Å². The molecule has 4 nitrogen and oxygen atoms in total. The molecular formula is C6H13NO3S. The Morgan fingerprint density at radius 3 is 2.64 bits per heavy atom. The molecule has 0 aromatic rings. The summed E-state index contributed by atoms with van der Waals surface area (Å²) in [5, 5.41) is -0.651. The highest BCUT2D eigenvalue weighted by molar-refractivity contribution is 7.87. The fraction of sp³-hybridized carbons (Fsp3) is 0.667. The lowest BCUT2D eigenvalue weighted by atomic mass is 10.5. The molecule has 1 unspecified atom stereocenters. The Kier molecular flexibility index (Phi) is 4.32. The molecule has 0 amide bonds. The normalized spacial score (nSPS) is 14.4. The molecule has 2 N–H and O–H groups in total. The van der Waals surface area contributed by atoms with Gasteiger partial charge in [0.2, 0.25) is 0 Å². The molecule has 66 valence electrons. The summed E-state index contributed by atoms with van der Waals surface area (Å²) in [6.07, 6.45) is 1.38. The molecule has 0 radical (unpaired) electrons. The molecule has 0 aliphatic rings. The second kappa shape index (κ2) is 4.48. The van der Waals surface area contributed by atoms with E-state index in [9.17, 15) is 8.42 Å². The Morgan fingerprint density at radius 2 is 2.27 bits per heavy atom. The van der Waals surface area contributed by atoms with Crippen LogP contribution in [0.1, 0.15) is 6.92 Å². The zero-order valence-corrected chi connectivity index (χ0v) is 7.30. The van der Waals surface area contributed by atoms with Crippen molar-refractivity contribution in [1.29, 1.82) is 0 Å². The average Bonchev–Trinajstić information content (AvgIpc) is 1.99. The second-order valence-electron chi connectivity index (χ2n) is 2.11. The van der Waals surface area contributed by atoms with Gasteiger partial charge in [-0.25, -0.2) is 0 Å². The summed E-state index contributed by atoms with van der Waals surface area (Å²) >= 11 is 0. The number of rotatable bonds is 5. The molecule has 0 saturated heterocycles. The zero-order valence-electron chi connectivity index (χ0n) is 6.49.